The average Bonchev–Trinajstić information content (AvgIpc) is 3.20. The van der Waals surface area contributed by atoms with Crippen molar-refractivity contribution in [2.75, 3.05) is 5.32 Å². The first-order valence-corrected chi connectivity index (χ1v) is 7.79. The summed E-state index contributed by atoms with van der Waals surface area (Å²) in [5.41, 5.74) is 1.81. The van der Waals surface area contributed by atoms with Gasteiger partial charge in [0, 0.05) is 17.3 Å². The highest BCUT2D eigenvalue weighted by molar-refractivity contribution is 7.13. The summed E-state index contributed by atoms with van der Waals surface area (Å²) in [4.78, 5) is 25.1. The molecule has 21 heavy (non-hydrogen) atoms. The number of hydrogen-bond donors (Lipinski definition) is 2. The van der Waals surface area contributed by atoms with Gasteiger partial charge in [-0.1, -0.05) is 0 Å². The topological polar surface area (TPSA) is 79.8 Å². The van der Waals surface area contributed by atoms with Crippen molar-refractivity contribution < 1.29 is 4.79 Å². The van der Waals surface area contributed by atoms with Gasteiger partial charge in [-0.3, -0.25) is 5.32 Å². The fourth-order valence-corrected chi connectivity index (χ4v) is 2.81. The molecule has 2 heterocycles. The third kappa shape index (κ3) is 3.55. The van der Waals surface area contributed by atoms with Crippen molar-refractivity contribution in [3.8, 4) is 0 Å². The molecule has 2 aromatic rings. The van der Waals surface area contributed by atoms with Crippen LogP contribution in [-0.2, 0) is 0 Å². The van der Waals surface area contributed by atoms with Crippen molar-refractivity contribution in [3.63, 3.8) is 0 Å². The fourth-order valence-electron chi connectivity index (χ4n) is 2.13. The molecular formula is C14H17N5OS. The number of nitrogens with zero attached hydrogens (tertiary/aromatic N) is 3. The van der Waals surface area contributed by atoms with Crippen LogP contribution >= 0.6 is 11.3 Å². The number of nitrogens with one attached hydrogen (secondary N) is 2. The second-order valence-electron chi connectivity index (χ2n) is 5.26. The lowest BCUT2D eigenvalue weighted by Crippen LogP contribution is -2.34. The number of anilines is 1. The minimum atomic E-state index is -0.258. The van der Waals surface area contributed by atoms with Gasteiger partial charge < -0.3 is 5.32 Å². The maximum atomic E-state index is 12.1. The van der Waals surface area contributed by atoms with Crippen molar-refractivity contribution in [2.45, 2.75) is 32.7 Å². The summed E-state index contributed by atoms with van der Waals surface area (Å²) in [6.45, 7) is 3.82. The van der Waals surface area contributed by atoms with E-state index in [1.807, 2.05) is 25.3 Å². The van der Waals surface area contributed by atoms with Crippen LogP contribution in [-0.4, -0.2) is 21.0 Å². The van der Waals surface area contributed by atoms with Crippen LogP contribution in [0, 0.1) is 19.8 Å². The molecule has 0 aliphatic heterocycles. The SMILES string of the molecule is Cc1ccnc(C(NC(=O)Nc2nc(C)cs2)C2CC2)n1. The molecule has 1 aliphatic rings. The van der Waals surface area contributed by atoms with E-state index in [2.05, 4.69) is 25.6 Å². The van der Waals surface area contributed by atoms with E-state index in [1.54, 1.807) is 6.20 Å². The lowest BCUT2D eigenvalue weighted by molar-refractivity contribution is 0.246. The highest BCUT2D eigenvalue weighted by atomic mass is 32.1. The molecular weight excluding hydrogens is 286 g/mol. The monoisotopic (exact) mass is 303 g/mol. The Kier molecular flexibility index (Phi) is 3.83. The molecule has 0 spiro atoms. The Labute approximate surface area is 127 Å². The van der Waals surface area contributed by atoms with Crippen LogP contribution in [0.1, 0.15) is 36.1 Å². The molecule has 0 aromatic carbocycles. The molecule has 1 atom stereocenters. The van der Waals surface area contributed by atoms with Crippen molar-refractivity contribution in [1.82, 2.24) is 20.3 Å². The first kappa shape index (κ1) is 13.9. The standard InChI is InChI=1S/C14H17N5OS/c1-8-5-6-15-12(16-8)11(10-3-4-10)18-13(20)19-14-17-9(2)7-21-14/h5-7,10-11H,3-4H2,1-2H3,(H2,17,18,19,20). The van der Waals surface area contributed by atoms with Gasteiger partial charge in [-0.15, -0.1) is 11.3 Å². The second kappa shape index (κ2) is 5.77. The molecule has 2 N–H and O–H groups in total. The zero-order chi connectivity index (χ0) is 14.8. The van der Waals surface area contributed by atoms with Gasteiger partial charge in [0.1, 0.15) is 0 Å². The van der Waals surface area contributed by atoms with Crippen LogP contribution in [0.4, 0.5) is 9.93 Å². The van der Waals surface area contributed by atoms with Crippen LogP contribution in [0.2, 0.25) is 0 Å². The van der Waals surface area contributed by atoms with Gasteiger partial charge in [-0.25, -0.2) is 19.7 Å². The number of carbonyl (C=O) groups excluding carboxylic acids is 1. The fraction of sp³-hybridized carbons (Fsp3) is 0.429. The van der Waals surface area contributed by atoms with Gasteiger partial charge in [0.15, 0.2) is 11.0 Å². The Morgan fingerprint density at radius 1 is 1.33 bits per heavy atom. The van der Waals surface area contributed by atoms with Crippen LogP contribution < -0.4 is 10.6 Å². The van der Waals surface area contributed by atoms with Crippen LogP contribution in [0.25, 0.3) is 0 Å². The Morgan fingerprint density at radius 2 is 2.14 bits per heavy atom. The lowest BCUT2D eigenvalue weighted by Gasteiger charge is -2.17. The quantitative estimate of drug-likeness (QED) is 0.910. The first-order chi connectivity index (χ1) is 10.1. The van der Waals surface area contributed by atoms with Gasteiger partial charge in [0.25, 0.3) is 0 Å². The molecule has 0 radical (unpaired) electrons. The second-order valence-corrected chi connectivity index (χ2v) is 6.12. The molecule has 7 heteroatoms. The van der Waals surface area contributed by atoms with E-state index in [0.717, 1.165) is 24.2 Å². The lowest BCUT2D eigenvalue weighted by atomic mass is 10.1. The maximum absolute atomic E-state index is 12.1. The molecule has 0 saturated heterocycles. The molecule has 1 fully saturated rings. The van der Waals surface area contributed by atoms with E-state index in [4.69, 9.17) is 0 Å². The first-order valence-electron chi connectivity index (χ1n) is 6.91. The zero-order valence-electron chi connectivity index (χ0n) is 12.0. The predicted molar refractivity (Wildman–Crippen MR) is 81.2 cm³/mol. The summed E-state index contributed by atoms with van der Waals surface area (Å²) in [5.74, 6) is 1.11. The van der Waals surface area contributed by atoms with Gasteiger partial charge in [0.05, 0.1) is 11.7 Å². The molecule has 6 nitrogen and oxygen atoms in total. The summed E-state index contributed by atoms with van der Waals surface area (Å²) in [6.07, 6.45) is 3.92. The largest absolute Gasteiger partial charge is 0.328 e. The number of hydrogen-bond acceptors (Lipinski definition) is 5. The number of urea groups is 1. The van der Waals surface area contributed by atoms with Gasteiger partial charge >= 0.3 is 6.03 Å². The molecule has 2 amide bonds. The summed E-state index contributed by atoms with van der Waals surface area (Å²) in [7, 11) is 0. The Morgan fingerprint density at radius 3 is 2.76 bits per heavy atom. The van der Waals surface area contributed by atoms with Crippen molar-refractivity contribution >= 4 is 22.5 Å². The zero-order valence-corrected chi connectivity index (χ0v) is 12.8. The molecule has 1 saturated carbocycles. The Hall–Kier alpha value is -2.02. The normalized spacial score (nSPS) is 15.5. The number of carbonyl (C=O) groups is 1. The van der Waals surface area contributed by atoms with Gasteiger partial charge in [0.2, 0.25) is 0 Å². The summed E-state index contributed by atoms with van der Waals surface area (Å²) in [6, 6.07) is 1.46. The molecule has 110 valence electrons. The predicted octanol–water partition coefficient (Wildman–Crippen LogP) is 2.82. The van der Waals surface area contributed by atoms with E-state index in [-0.39, 0.29) is 12.1 Å². The average molecular weight is 303 g/mol. The summed E-state index contributed by atoms with van der Waals surface area (Å²) >= 11 is 1.41. The summed E-state index contributed by atoms with van der Waals surface area (Å²) < 4.78 is 0. The molecule has 1 unspecified atom stereocenters. The Balaban J connectivity index is 1.69. The number of amides is 2. The highest BCUT2D eigenvalue weighted by Gasteiger charge is 2.35. The number of aromatic nitrogens is 3. The smallest absolute Gasteiger partial charge is 0.321 e. The van der Waals surface area contributed by atoms with E-state index >= 15 is 0 Å². The van der Waals surface area contributed by atoms with Gasteiger partial charge in [-0.05, 0) is 38.7 Å². The van der Waals surface area contributed by atoms with E-state index < -0.39 is 0 Å². The summed E-state index contributed by atoms with van der Waals surface area (Å²) in [5, 5.41) is 8.24. The van der Waals surface area contributed by atoms with Gasteiger partial charge in [-0.2, -0.15) is 0 Å². The van der Waals surface area contributed by atoms with Crippen molar-refractivity contribution in [3.05, 3.63) is 34.9 Å². The minimum absolute atomic E-state index is 0.133. The van der Waals surface area contributed by atoms with Crippen LogP contribution in [0.5, 0.6) is 0 Å². The maximum Gasteiger partial charge on any atom is 0.321 e. The van der Waals surface area contributed by atoms with Crippen LogP contribution in [0.3, 0.4) is 0 Å². The number of rotatable bonds is 4. The van der Waals surface area contributed by atoms with E-state index in [0.29, 0.717) is 16.9 Å². The third-order valence-electron chi connectivity index (χ3n) is 3.31. The third-order valence-corrected chi connectivity index (χ3v) is 4.19. The van der Waals surface area contributed by atoms with E-state index in [9.17, 15) is 4.79 Å². The van der Waals surface area contributed by atoms with Crippen molar-refractivity contribution in [1.29, 1.82) is 0 Å². The molecule has 1 aliphatic carbocycles. The highest BCUT2D eigenvalue weighted by Crippen LogP contribution is 2.39. The number of thiazole rings is 1. The van der Waals surface area contributed by atoms with E-state index in [1.165, 1.54) is 11.3 Å². The Bertz CT molecular complexity index is 652. The van der Waals surface area contributed by atoms with Crippen LogP contribution in [0.15, 0.2) is 17.6 Å². The molecule has 0 bridgehead atoms. The molecule has 3 rings (SSSR count). The molecule has 2 aromatic heterocycles. The minimum Gasteiger partial charge on any atom is -0.328 e. The van der Waals surface area contributed by atoms with Crippen molar-refractivity contribution in [2.24, 2.45) is 5.92 Å². The number of aryl methyl sites for hydroxylation is 2.